The molecule has 0 saturated heterocycles. The highest BCUT2D eigenvalue weighted by Gasteiger charge is 2.20. The fourth-order valence-electron chi connectivity index (χ4n) is 1.63. The topological polar surface area (TPSA) is 26.3 Å². The molecular weight excluding hydrogens is 188 g/mol. The van der Waals surface area contributed by atoms with E-state index in [9.17, 15) is 4.79 Å². The van der Waals surface area contributed by atoms with Crippen LogP contribution in [0.5, 0.6) is 0 Å². The maximum Gasteiger partial charge on any atom is 0.308 e. The van der Waals surface area contributed by atoms with Crippen molar-refractivity contribution >= 4 is 5.97 Å². The molecule has 0 amide bonds. The van der Waals surface area contributed by atoms with Gasteiger partial charge in [-0.25, -0.2) is 0 Å². The van der Waals surface area contributed by atoms with Gasteiger partial charge in [0, 0.05) is 0 Å². The van der Waals surface area contributed by atoms with Crippen molar-refractivity contribution in [3.05, 3.63) is 0 Å². The summed E-state index contributed by atoms with van der Waals surface area (Å²) in [4.78, 5) is 11.4. The summed E-state index contributed by atoms with van der Waals surface area (Å²) in [5.41, 5.74) is 0. The molecule has 1 aliphatic rings. The highest BCUT2D eigenvalue weighted by atomic mass is 16.5. The number of carbonyl (C=O) groups excluding carboxylic acids is 1. The minimum atomic E-state index is -0.00519. The largest absolute Gasteiger partial charge is 0.462 e. The van der Waals surface area contributed by atoms with Gasteiger partial charge < -0.3 is 4.74 Å². The van der Waals surface area contributed by atoms with Crippen molar-refractivity contribution in [3.8, 4) is 0 Å². The first kappa shape index (κ1) is 16.9. The third-order valence-electron chi connectivity index (χ3n) is 2.85. The molecule has 0 aromatic heterocycles. The van der Waals surface area contributed by atoms with Gasteiger partial charge in [-0.1, -0.05) is 35.1 Å². The number of esters is 1. The van der Waals surface area contributed by atoms with Crippen molar-refractivity contribution in [2.75, 3.05) is 0 Å². The maximum absolute atomic E-state index is 11.4. The molecule has 0 bridgehead atoms. The Balaban J connectivity index is 0. The quantitative estimate of drug-likeness (QED) is 0.661. The van der Waals surface area contributed by atoms with Gasteiger partial charge in [0.2, 0.25) is 0 Å². The van der Waals surface area contributed by atoms with E-state index in [2.05, 4.69) is 0 Å². The van der Waals surface area contributed by atoms with Crippen molar-refractivity contribution in [1.29, 1.82) is 0 Å². The lowest BCUT2D eigenvalue weighted by Gasteiger charge is -2.23. The smallest absolute Gasteiger partial charge is 0.308 e. The zero-order valence-corrected chi connectivity index (χ0v) is 8.71. The van der Waals surface area contributed by atoms with E-state index in [1.54, 1.807) is 0 Å². The van der Waals surface area contributed by atoms with Crippen LogP contribution in [0.3, 0.4) is 0 Å². The average molecular weight is 216 g/mol. The Hall–Kier alpha value is -0.530. The lowest BCUT2D eigenvalue weighted by atomic mass is 9.97. The SMILES string of the molecule is C.C.CCC(C)C(=O)OC1CCCCC1. The van der Waals surface area contributed by atoms with Gasteiger partial charge >= 0.3 is 5.97 Å². The lowest BCUT2D eigenvalue weighted by Crippen LogP contribution is -2.24. The summed E-state index contributed by atoms with van der Waals surface area (Å²) in [6.07, 6.45) is 6.99. The monoisotopic (exact) mass is 216 g/mol. The van der Waals surface area contributed by atoms with Gasteiger partial charge in [0.1, 0.15) is 6.10 Å². The molecular formula is C13H28O2. The Morgan fingerprint density at radius 3 is 2.27 bits per heavy atom. The van der Waals surface area contributed by atoms with E-state index in [1.807, 2.05) is 13.8 Å². The Labute approximate surface area is 95.4 Å². The average Bonchev–Trinajstić information content (AvgIpc) is 2.18. The summed E-state index contributed by atoms with van der Waals surface area (Å²) >= 11 is 0. The molecule has 0 aromatic rings. The van der Waals surface area contributed by atoms with Crippen molar-refractivity contribution in [2.24, 2.45) is 5.92 Å². The first-order valence-electron chi connectivity index (χ1n) is 5.44. The van der Waals surface area contributed by atoms with Gasteiger partial charge in [0.15, 0.2) is 0 Å². The Morgan fingerprint density at radius 1 is 1.27 bits per heavy atom. The zero-order chi connectivity index (χ0) is 9.68. The van der Waals surface area contributed by atoms with Crippen LogP contribution in [0, 0.1) is 5.92 Å². The minimum absolute atomic E-state index is 0. The first-order chi connectivity index (χ1) is 6.24. The van der Waals surface area contributed by atoms with Crippen LogP contribution in [-0.4, -0.2) is 12.1 Å². The third kappa shape index (κ3) is 5.81. The standard InChI is InChI=1S/C11H20O2.2CH4/c1-3-9(2)11(12)13-10-7-5-4-6-8-10;;/h9-10H,3-8H2,1-2H3;2*1H4. The van der Waals surface area contributed by atoms with Crippen molar-refractivity contribution in [1.82, 2.24) is 0 Å². The summed E-state index contributed by atoms with van der Waals surface area (Å²) < 4.78 is 5.41. The summed E-state index contributed by atoms with van der Waals surface area (Å²) in [6.45, 7) is 3.96. The summed E-state index contributed by atoms with van der Waals surface area (Å²) in [5, 5.41) is 0. The van der Waals surface area contributed by atoms with E-state index in [-0.39, 0.29) is 32.8 Å². The summed E-state index contributed by atoms with van der Waals surface area (Å²) in [7, 11) is 0. The molecule has 0 spiro atoms. The first-order valence-corrected chi connectivity index (χ1v) is 5.44. The molecule has 0 radical (unpaired) electrons. The van der Waals surface area contributed by atoms with E-state index in [4.69, 9.17) is 4.74 Å². The Bertz CT molecular complexity index is 160. The molecule has 0 aliphatic heterocycles. The zero-order valence-electron chi connectivity index (χ0n) is 8.71. The highest BCUT2D eigenvalue weighted by Crippen LogP contribution is 2.21. The van der Waals surface area contributed by atoms with Crippen molar-refractivity contribution < 1.29 is 9.53 Å². The van der Waals surface area contributed by atoms with Crippen LogP contribution in [0.15, 0.2) is 0 Å². The van der Waals surface area contributed by atoms with Crippen LogP contribution in [0.25, 0.3) is 0 Å². The molecule has 1 fully saturated rings. The van der Waals surface area contributed by atoms with E-state index in [1.165, 1.54) is 19.3 Å². The molecule has 92 valence electrons. The third-order valence-corrected chi connectivity index (χ3v) is 2.85. The lowest BCUT2D eigenvalue weighted by molar-refractivity contribution is -0.155. The Kier molecular flexibility index (Phi) is 9.85. The maximum atomic E-state index is 11.4. The number of hydrogen-bond donors (Lipinski definition) is 0. The number of rotatable bonds is 3. The van der Waals surface area contributed by atoms with Crippen LogP contribution in [0.2, 0.25) is 0 Å². The molecule has 15 heavy (non-hydrogen) atoms. The predicted octanol–water partition coefficient (Wildman–Crippen LogP) is 4.18. The Morgan fingerprint density at radius 2 is 1.80 bits per heavy atom. The van der Waals surface area contributed by atoms with Gasteiger partial charge in [-0.05, 0) is 32.1 Å². The minimum Gasteiger partial charge on any atom is -0.462 e. The molecule has 1 rings (SSSR count). The van der Waals surface area contributed by atoms with Gasteiger partial charge in [-0.3, -0.25) is 4.79 Å². The molecule has 0 aromatic carbocycles. The van der Waals surface area contributed by atoms with E-state index in [0.717, 1.165) is 19.3 Å². The fourth-order valence-corrected chi connectivity index (χ4v) is 1.63. The van der Waals surface area contributed by atoms with Crippen molar-refractivity contribution in [2.45, 2.75) is 73.3 Å². The molecule has 2 nitrogen and oxygen atoms in total. The number of ether oxygens (including phenoxy) is 1. The van der Waals surface area contributed by atoms with Gasteiger partial charge in [0.25, 0.3) is 0 Å². The van der Waals surface area contributed by atoms with E-state index in [0.29, 0.717) is 0 Å². The van der Waals surface area contributed by atoms with E-state index >= 15 is 0 Å². The molecule has 1 unspecified atom stereocenters. The van der Waals surface area contributed by atoms with Crippen LogP contribution >= 0.6 is 0 Å². The van der Waals surface area contributed by atoms with Crippen LogP contribution in [0.1, 0.15) is 67.2 Å². The van der Waals surface area contributed by atoms with Crippen LogP contribution in [0.4, 0.5) is 0 Å². The van der Waals surface area contributed by atoms with Gasteiger partial charge in [0.05, 0.1) is 5.92 Å². The molecule has 1 aliphatic carbocycles. The summed E-state index contributed by atoms with van der Waals surface area (Å²) in [5.74, 6) is 0.0660. The predicted molar refractivity (Wildman–Crippen MR) is 65.9 cm³/mol. The normalized spacial score (nSPS) is 18.3. The molecule has 1 atom stereocenters. The molecule has 0 N–H and O–H groups in total. The second kappa shape index (κ2) is 8.75. The summed E-state index contributed by atoms with van der Waals surface area (Å²) in [6, 6.07) is 0. The second-order valence-electron chi connectivity index (χ2n) is 4.01. The number of hydrogen-bond acceptors (Lipinski definition) is 2. The number of carbonyl (C=O) groups is 1. The second-order valence-corrected chi connectivity index (χ2v) is 4.01. The molecule has 0 heterocycles. The van der Waals surface area contributed by atoms with Crippen molar-refractivity contribution in [3.63, 3.8) is 0 Å². The molecule has 2 heteroatoms. The van der Waals surface area contributed by atoms with Gasteiger partial charge in [-0.15, -0.1) is 0 Å². The van der Waals surface area contributed by atoms with Gasteiger partial charge in [-0.2, -0.15) is 0 Å². The van der Waals surface area contributed by atoms with Crippen LogP contribution in [-0.2, 0) is 9.53 Å². The van der Waals surface area contributed by atoms with E-state index < -0.39 is 0 Å². The highest BCUT2D eigenvalue weighted by molar-refractivity contribution is 5.72. The van der Waals surface area contributed by atoms with Crippen LogP contribution < -0.4 is 0 Å². The molecule has 1 saturated carbocycles. The fraction of sp³-hybridized carbons (Fsp3) is 0.923.